The van der Waals surface area contributed by atoms with E-state index in [4.69, 9.17) is 0 Å². The second kappa shape index (κ2) is 6.59. The highest BCUT2D eigenvalue weighted by Gasteiger charge is 2.30. The van der Waals surface area contributed by atoms with Crippen LogP contribution in [0.4, 0.5) is 0 Å². The molecule has 2 N–H and O–H groups in total. The van der Waals surface area contributed by atoms with Crippen LogP contribution in [0.2, 0.25) is 0 Å². The third kappa shape index (κ3) is 3.33. The van der Waals surface area contributed by atoms with Crippen molar-refractivity contribution in [3.63, 3.8) is 0 Å². The summed E-state index contributed by atoms with van der Waals surface area (Å²) >= 11 is 3.43. The zero-order valence-electron chi connectivity index (χ0n) is 11.6. The molecule has 0 bridgehead atoms. The standard InChI is InChI=1S/C15H20BrNO3/c1-2-13(12-8-11(16)5-6-14(12)18)17-7-3-4-10(9-17)15(19)20/h5-6,8,10,13,18H,2-4,7,9H2,1H3,(H,19,20). The molecule has 0 radical (unpaired) electrons. The number of carbonyl (C=O) groups is 1. The Morgan fingerprint density at radius 3 is 2.95 bits per heavy atom. The van der Waals surface area contributed by atoms with E-state index in [9.17, 15) is 15.0 Å². The molecule has 0 saturated carbocycles. The van der Waals surface area contributed by atoms with E-state index in [1.54, 1.807) is 6.07 Å². The molecule has 1 heterocycles. The maximum atomic E-state index is 11.2. The molecular formula is C15H20BrNO3. The average molecular weight is 342 g/mol. The number of carboxylic acids is 1. The number of phenols is 1. The van der Waals surface area contributed by atoms with Gasteiger partial charge in [0.1, 0.15) is 5.75 Å². The predicted molar refractivity (Wildman–Crippen MR) is 80.8 cm³/mol. The van der Waals surface area contributed by atoms with Gasteiger partial charge in [0.2, 0.25) is 0 Å². The summed E-state index contributed by atoms with van der Waals surface area (Å²) in [5.74, 6) is -0.743. The van der Waals surface area contributed by atoms with Crippen molar-refractivity contribution < 1.29 is 15.0 Å². The first-order valence-electron chi connectivity index (χ1n) is 6.98. The van der Waals surface area contributed by atoms with Gasteiger partial charge in [0.15, 0.2) is 0 Å². The van der Waals surface area contributed by atoms with Crippen molar-refractivity contribution in [1.82, 2.24) is 4.90 Å². The summed E-state index contributed by atoms with van der Waals surface area (Å²) < 4.78 is 0.926. The summed E-state index contributed by atoms with van der Waals surface area (Å²) in [6.07, 6.45) is 2.48. The maximum absolute atomic E-state index is 11.2. The Kier molecular flexibility index (Phi) is 5.05. The fourth-order valence-corrected chi connectivity index (χ4v) is 3.34. The van der Waals surface area contributed by atoms with E-state index in [1.165, 1.54) is 0 Å². The summed E-state index contributed by atoms with van der Waals surface area (Å²) in [6.45, 7) is 3.50. The number of hydrogen-bond acceptors (Lipinski definition) is 3. The first-order valence-corrected chi connectivity index (χ1v) is 7.77. The number of likely N-dealkylation sites (tertiary alicyclic amines) is 1. The maximum Gasteiger partial charge on any atom is 0.307 e. The first kappa shape index (κ1) is 15.3. The number of nitrogens with zero attached hydrogens (tertiary/aromatic N) is 1. The van der Waals surface area contributed by atoms with Crippen molar-refractivity contribution in [2.75, 3.05) is 13.1 Å². The van der Waals surface area contributed by atoms with Crippen LogP contribution in [0.15, 0.2) is 22.7 Å². The van der Waals surface area contributed by atoms with Gasteiger partial charge in [0.05, 0.1) is 5.92 Å². The Bertz CT molecular complexity index is 492. The highest BCUT2D eigenvalue weighted by molar-refractivity contribution is 9.10. The van der Waals surface area contributed by atoms with Crippen molar-refractivity contribution in [1.29, 1.82) is 0 Å². The Labute approximate surface area is 127 Å². The predicted octanol–water partition coefficient (Wildman–Crippen LogP) is 3.40. The molecule has 2 rings (SSSR count). The van der Waals surface area contributed by atoms with Crippen molar-refractivity contribution in [3.05, 3.63) is 28.2 Å². The van der Waals surface area contributed by atoms with Crippen LogP contribution in [-0.4, -0.2) is 34.2 Å². The molecule has 0 spiro atoms. The molecule has 1 fully saturated rings. The van der Waals surface area contributed by atoms with Gasteiger partial charge < -0.3 is 10.2 Å². The molecule has 0 aliphatic carbocycles. The van der Waals surface area contributed by atoms with Gasteiger partial charge in [0.25, 0.3) is 0 Å². The topological polar surface area (TPSA) is 60.8 Å². The largest absolute Gasteiger partial charge is 0.508 e. The van der Waals surface area contributed by atoms with Gasteiger partial charge in [-0.1, -0.05) is 22.9 Å². The van der Waals surface area contributed by atoms with E-state index in [1.807, 2.05) is 12.1 Å². The summed E-state index contributed by atoms with van der Waals surface area (Å²) in [6, 6.07) is 5.48. The second-order valence-corrected chi connectivity index (χ2v) is 6.22. The van der Waals surface area contributed by atoms with Crippen LogP contribution in [0.3, 0.4) is 0 Å². The van der Waals surface area contributed by atoms with E-state index in [0.29, 0.717) is 6.54 Å². The molecule has 1 aliphatic rings. The van der Waals surface area contributed by atoms with Crippen molar-refractivity contribution in [2.24, 2.45) is 5.92 Å². The zero-order chi connectivity index (χ0) is 14.7. The van der Waals surface area contributed by atoms with Gasteiger partial charge in [-0.2, -0.15) is 0 Å². The van der Waals surface area contributed by atoms with Crippen LogP contribution < -0.4 is 0 Å². The number of hydrogen-bond donors (Lipinski definition) is 2. The van der Waals surface area contributed by atoms with Crippen LogP contribution in [0.5, 0.6) is 5.75 Å². The highest BCUT2D eigenvalue weighted by atomic mass is 79.9. The molecule has 4 nitrogen and oxygen atoms in total. The lowest BCUT2D eigenvalue weighted by Crippen LogP contribution is -2.40. The fourth-order valence-electron chi connectivity index (χ4n) is 2.96. The van der Waals surface area contributed by atoms with Gasteiger partial charge in [-0.3, -0.25) is 9.69 Å². The van der Waals surface area contributed by atoms with E-state index in [0.717, 1.165) is 35.8 Å². The fraction of sp³-hybridized carbons (Fsp3) is 0.533. The lowest BCUT2D eigenvalue weighted by atomic mass is 9.93. The minimum Gasteiger partial charge on any atom is -0.508 e. The van der Waals surface area contributed by atoms with Gasteiger partial charge in [-0.05, 0) is 44.0 Å². The van der Waals surface area contributed by atoms with E-state index in [-0.39, 0.29) is 17.7 Å². The van der Waals surface area contributed by atoms with Crippen LogP contribution >= 0.6 is 15.9 Å². The Morgan fingerprint density at radius 2 is 2.30 bits per heavy atom. The molecule has 1 aromatic rings. The molecule has 5 heteroatoms. The lowest BCUT2D eigenvalue weighted by Gasteiger charge is -2.37. The smallest absolute Gasteiger partial charge is 0.307 e. The Morgan fingerprint density at radius 1 is 1.55 bits per heavy atom. The average Bonchev–Trinajstić information content (AvgIpc) is 2.44. The minimum absolute atomic E-state index is 0.0645. The van der Waals surface area contributed by atoms with Crippen LogP contribution in [0.1, 0.15) is 37.8 Å². The van der Waals surface area contributed by atoms with Gasteiger partial charge in [0, 0.05) is 22.6 Å². The normalized spacial score (nSPS) is 21.6. The number of phenolic OH excluding ortho intramolecular Hbond substituents is 1. The molecule has 110 valence electrons. The van der Waals surface area contributed by atoms with Crippen molar-refractivity contribution in [2.45, 2.75) is 32.2 Å². The number of piperidine rings is 1. The Hall–Kier alpha value is -1.07. The molecule has 2 unspecified atom stereocenters. The number of benzene rings is 1. The third-order valence-corrected chi connectivity index (χ3v) is 4.47. The van der Waals surface area contributed by atoms with E-state index in [2.05, 4.69) is 27.8 Å². The van der Waals surface area contributed by atoms with E-state index < -0.39 is 5.97 Å². The first-order chi connectivity index (χ1) is 9.52. The van der Waals surface area contributed by atoms with Gasteiger partial charge >= 0.3 is 5.97 Å². The lowest BCUT2D eigenvalue weighted by molar-refractivity contribution is -0.144. The molecule has 1 aromatic carbocycles. The molecule has 1 saturated heterocycles. The van der Waals surface area contributed by atoms with Crippen LogP contribution in [0, 0.1) is 5.92 Å². The summed E-state index contributed by atoms with van der Waals surface area (Å²) in [4.78, 5) is 13.4. The van der Waals surface area contributed by atoms with E-state index >= 15 is 0 Å². The molecule has 0 aromatic heterocycles. The summed E-state index contributed by atoms with van der Waals surface area (Å²) in [5.41, 5.74) is 0.868. The van der Waals surface area contributed by atoms with Gasteiger partial charge in [-0.25, -0.2) is 0 Å². The number of rotatable bonds is 4. The second-order valence-electron chi connectivity index (χ2n) is 5.30. The summed E-state index contributed by atoms with van der Waals surface area (Å²) in [5, 5.41) is 19.3. The number of aromatic hydroxyl groups is 1. The number of aliphatic carboxylic acids is 1. The zero-order valence-corrected chi connectivity index (χ0v) is 13.1. The number of halogens is 1. The van der Waals surface area contributed by atoms with Crippen LogP contribution in [0.25, 0.3) is 0 Å². The minimum atomic E-state index is -0.719. The molecule has 0 amide bonds. The SMILES string of the molecule is CCC(c1cc(Br)ccc1O)N1CCCC(C(=O)O)C1. The molecule has 2 atom stereocenters. The molecule has 20 heavy (non-hydrogen) atoms. The number of carboxylic acid groups (broad SMARTS) is 1. The summed E-state index contributed by atoms with van der Waals surface area (Å²) in [7, 11) is 0. The molecule has 1 aliphatic heterocycles. The van der Waals surface area contributed by atoms with Crippen LogP contribution in [-0.2, 0) is 4.79 Å². The highest BCUT2D eigenvalue weighted by Crippen LogP contribution is 2.35. The quantitative estimate of drug-likeness (QED) is 0.880. The monoisotopic (exact) mass is 341 g/mol. The molecular weight excluding hydrogens is 322 g/mol. The Balaban J connectivity index is 2.23. The van der Waals surface area contributed by atoms with Crippen molar-refractivity contribution >= 4 is 21.9 Å². The third-order valence-electron chi connectivity index (χ3n) is 3.98. The van der Waals surface area contributed by atoms with Gasteiger partial charge in [-0.15, -0.1) is 0 Å². The van der Waals surface area contributed by atoms with Crippen molar-refractivity contribution in [3.8, 4) is 5.75 Å².